The van der Waals surface area contributed by atoms with E-state index in [1.165, 1.54) is 5.56 Å². The van der Waals surface area contributed by atoms with E-state index in [-0.39, 0.29) is 30.0 Å². The van der Waals surface area contributed by atoms with Crippen LogP contribution >= 0.6 is 24.0 Å². The summed E-state index contributed by atoms with van der Waals surface area (Å²) in [5, 5.41) is 6.59. The summed E-state index contributed by atoms with van der Waals surface area (Å²) in [6, 6.07) is 14.2. The number of guanidine groups is 1. The van der Waals surface area contributed by atoms with Gasteiger partial charge in [0.25, 0.3) is 0 Å². The van der Waals surface area contributed by atoms with Gasteiger partial charge in [0.1, 0.15) is 11.5 Å². The second-order valence-corrected chi connectivity index (χ2v) is 5.61. The number of aliphatic imine (C=N–C) groups is 1. The zero-order valence-corrected chi connectivity index (χ0v) is 17.4. The molecule has 0 spiro atoms. The van der Waals surface area contributed by atoms with Crippen LogP contribution in [0.3, 0.4) is 0 Å². The SMILES string of the molecule is CCNC(=NCCOCc1ccccc1)NC(C)c1ccc(C)o1.I. The van der Waals surface area contributed by atoms with Crippen LogP contribution in [-0.4, -0.2) is 25.7 Å². The van der Waals surface area contributed by atoms with Crippen LogP contribution < -0.4 is 10.6 Å². The van der Waals surface area contributed by atoms with Crippen molar-refractivity contribution in [2.24, 2.45) is 4.99 Å². The Hall–Kier alpha value is -1.54. The van der Waals surface area contributed by atoms with Crippen LogP contribution in [0, 0.1) is 6.92 Å². The fraction of sp³-hybridized carbons (Fsp3) is 0.421. The van der Waals surface area contributed by atoms with Gasteiger partial charge in [-0.05, 0) is 38.5 Å². The van der Waals surface area contributed by atoms with Crippen LogP contribution in [0.25, 0.3) is 0 Å². The largest absolute Gasteiger partial charge is 0.464 e. The minimum absolute atomic E-state index is 0. The summed E-state index contributed by atoms with van der Waals surface area (Å²) in [4.78, 5) is 4.54. The zero-order valence-electron chi connectivity index (χ0n) is 15.1. The molecule has 2 aromatic rings. The number of ether oxygens (including phenoxy) is 1. The van der Waals surface area contributed by atoms with Crippen molar-refractivity contribution in [3.8, 4) is 0 Å². The molecule has 0 saturated carbocycles. The number of hydrogen-bond acceptors (Lipinski definition) is 3. The molecule has 2 rings (SSSR count). The van der Waals surface area contributed by atoms with Crippen LogP contribution in [-0.2, 0) is 11.3 Å². The van der Waals surface area contributed by atoms with Gasteiger partial charge in [0, 0.05) is 6.54 Å². The third-order valence-electron chi connectivity index (χ3n) is 3.50. The lowest BCUT2D eigenvalue weighted by atomic mass is 10.2. The molecule has 138 valence electrons. The van der Waals surface area contributed by atoms with E-state index in [1.54, 1.807) is 0 Å². The van der Waals surface area contributed by atoms with E-state index in [0.717, 1.165) is 24.0 Å². The molecule has 0 amide bonds. The van der Waals surface area contributed by atoms with Crippen molar-refractivity contribution in [3.05, 3.63) is 59.5 Å². The highest BCUT2D eigenvalue weighted by molar-refractivity contribution is 14.0. The number of nitrogens with one attached hydrogen (secondary N) is 2. The van der Waals surface area contributed by atoms with Gasteiger partial charge in [-0.1, -0.05) is 30.3 Å². The Morgan fingerprint density at radius 3 is 2.60 bits per heavy atom. The molecular formula is C19H28IN3O2. The van der Waals surface area contributed by atoms with E-state index in [9.17, 15) is 0 Å². The number of rotatable bonds is 8. The summed E-state index contributed by atoms with van der Waals surface area (Å²) >= 11 is 0. The molecule has 5 nitrogen and oxygen atoms in total. The van der Waals surface area contributed by atoms with Crippen LogP contribution in [0.2, 0.25) is 0 Å². The average molecular weight is 457 g/mol. The summed E-state index contributed by atoms with van der Waals surface area (Å²) in [6.07, 6.45) is 0. The number of furan rings is 1. The van der Waals surface area contributed by atoms with Gasteiger partial charge in [-0.2, -0.15) is 0 Å². The van der Waals surface area contributed by atoms with Crippen LogP contribution in [0.5, 0.6) is 0 Å². The molecule has 0 radical (unpaired) electrons. The van der Waals surface area contributed by atoms with E-state index in [1.807, 2.05) is 44.2 Å². The van der Waals surface area contributed by atoms with Gasteiger partial charge in [-0.25, -0.2) is 0 Å². The molecule has 0 saturated heterocycles. The summed E-state index contributed by atoms with van der Waals surface area (Å²) < 4.78 is 11.3. The molecule has 1 aromatic heterocycles. The zero-order chi connectivity index (χ0) is 17.2. The van der Waals surface area contributed by atoms with Gasteiger partial charge in [-0.3, -0.25) is 4.99 Å². The van der Waals surface area contributed by atoms with E-state index in [0.29, 0.717) is 19.8 Å². The van der Waals surface area contributed by atoms with Crippen LogP contribution in [0.15, 0.2) is 51.9 Å². The molecule has 0 aliphatic rings. The van der Waals surface area contributed by atoms with Crippen molar-refractivity contribution < 1.29 is 9.15 Å². The lowest BCUT2D eigenvalue weighted by molar-refractivity contribution is 0.128. The molecule has 6 heteroatoms. The number of aryl methyl sites for hydroxylation is 1. The summed E-state index contributed by atoms with van der Waals surface area (Å²) in [6.45, 7) is 8.65. The standard InChI is InChI=1S/C19H27N3O2.HI/c1-4-20-19(22-16(3)18-11-10-15(2)24-18)21-12-13-23-14-17-8-6-5-7-9-17;/h5-11,16H,4,12-14H2,1-3H3,(H2,20,21,22);1H. The maximum absolute atomic E-state index is 5.66. The maximum Gasteiger partial charge on any atom is 0.191 e. The van der Waals surface area contributed by atoms with Gasteiger partial charge >= 0.3 is 0 Å². The highest BCUT2D eigenvalue weighted by Crippen LogP contribution is 2.15. The second-order valence-electron chi connectivity index (χ2n) is 5.61. The normalized spacial score (nSPS) is 12.4. The number of benzene rings is 1. The van der Waals surface area contributed by atoms with E-state index in [4.69, 9.17) is 9.15 Å². The summed E-state index contributed by atoms with van der Waals surface area (Å²) in [5.41, 5.74) is 1.17. The molecular weight excluding hydrogens is 429 g/mol. The molecule has 2 N–H and O–H groups in total. The van der Waals surface area contributed by atoms with Crippen molar-refractivity contribution in [1.29, 1.82) is 0 Å². The van der Waals surface area contributed by atoms with Gasteiger partial charge in [0.05, 0.1) is 25.8 Å². The number of halogens is 1. The predicted molar refractivity (Wildman–Crippen MR) is 112 cm³/mol. The summed E-state index contributed by atoms with van der Waals surface area (Å²) in [7, 11) is 0. The third kappa shape index (κ3) is 7.92. The highest BCUT2D eigenvalue weighted by Gasteiger charge is 2.10. The second kappa shape index (κ2) is 11.9. The van der Waals surface area contributed by atoms with Gasteiger partial charge in [-0.15, -0.1) is 24.0 Å². The third-order valence-corrected chi connectivity index (χ3v) is 3.50. The molecule has 1 unspecified atom stereocenters. The number of hydrogen-bond donors (Lipinski definition) is 2. The summed E-state index contributed by atoms with van der Waals surface area (Å²) in [5.74, 6) is 2.58. The lowest BCUT2D eigenvalue weighted by Gasteiger charge is -2.16. The van der Waals surface area contributed by atoms with Crippen LogP contribution in [0.4, 0.5) is 0 Å². The first-order valence-electron chi connectivity index (χ1n) is 8.42. The van der Waals surface area contributed by atoms with Crippen molar-refractivity contribution in [3.63, 3.8) is 0 Å². The van der Waals surface area contributed by atoms with E-state index in [2.05, 4.69) is 34.7 Å². The molecule has 1 aromatic carbocycles. The average Bonchev–Trinajstić information content (AvgIpc) is 3.02. The quantitative estimate of drug-likeness (QED) is 0.272. The van der Waals surface area contributed by atoms with Crippen molar-refractivity contribution in [2.45, 2.75) is 33.4 Å². The smallest absolute Gasteiger partial charge is 0.191 e. The van der Waals surface area contributed by atoms with E-state index < -0.39 is 0 Å². The molecule has 25 heavy (non-hydrogen) atoms. The minimum atomic E-state index is 0. The Balaban J connectivity index is 0.00000312. The van der Waals surface area contributed by atoms with Gasteiger partial charge < -0.3 is 19.8 Å². The number of nitrogens with zero attached hydrogens (tertiary/aromatic N) is 1. The molecule has 0 fully saturated rings. The molecule has 0 aliphatic heterocycles. The fourth-order valence-corrected chi connectivity index (χ4v) is 2.27. The Morgan fingerprint density at radius 1 is 1.20 bits per heavy atom. The Labute approximate surface area is 167 Å². The lowest BCUT2D eigenvalue weighted by Crippen LogP contribution is -2.38. The van der Waals surface area contributed by atoms with Gasteiger partial charge in [0.15, 0.2) is 5.96 Å². The topological polar surface area (TPSA) is 58.8 Å². The van der Waals surface area contributed by atoms with E-state index >= 15 is 0 Å². The monoisotopic (exact) mass is 457 g/mol. The first-order chi connectivity index (χ1) is 11.7. The van der Waals surface area contributed by atoms with Crippen LogP contribution in [0.1, 0.15) is 37.0 Å². The predicted octanol–water partition coefficient (Wildman–Crippen LogP) is 4.04. The maximum atomic E-state index is 5.66. The molecule has 1 heterocycles. The van der Waals surface area contributed by atoms with Gasteiger partial charge in [0.2, 0.25) is 0 Å². The first-order valence-corrected chi connectivity index (χ1v) is 8.42. The molecule has 0 aliphatic carbocycles. The van der Waals surface area contributed by atoms with Crippen molar-refractivity contribution in [1.82, 2.24) is 10.6 Å². The molecule has 0 bridgehead atoms. The van der Waals surface area contributed by atoms with Crippen molar-refractivity contribution in [2.75, 3.05) is 19.7 Å². The minimum Gasteiger partial charge on any atom is -0.464 e. The Bertz CT molecular complexity index is 629. The van der Waals surface area contributed by atoms with Crippen molar-refractivity contribution >= 4 is 29.9 Å². The fourth-order valence-electron chi connectivity index (χ4n) is 2.27. The molecule has 1 atom stereocenters. The Morgan fingerprint density at radius 2 is 1.96 bits per heavy atom. The first kappa shape index (κ1) is 21.5. The Kier molecular flexibility index (Phi) is 10.3. The highest BCUT2D eigenvalue weighted by atomic mass is 127.